The Morgan fingerprint density at radius 1 is 0.938 bits per heavy atom. The van der Waals surface area contributed by atoms with Crippen LogP contribution in [0.1, 0.15) is 91.0 Å². The molecule has 2 amide bonds. The van der Waals surface area contributed by atoms with Gasteiger partial charge in [-0.2, -0.15) is 8.78 Å². The van der Waals surface area contributed by atoms with Crippen molar-refractivity contribution in [2.75, 3.05) is 33.4 Å². The number of rotatable bonds is 14. The molecule has 48 heavy (non-hydrogen) atoms. The van der Waals surface area contributed by atoms with Gasteiger partial charge < -0.3 is 24.4 Å². The maximum atomic E-state index is 16.5. The molecule has 1 heterocycles. The Morgan fingerprint density at radius 2 is 1.54 bits per heavy atom. The highest BCUT2D eigenvalue weighted by Gasteiger charge is 2.50. The van der Waals surface area contributed by atoms with E-state index in [0.29, 0.717) is 37.7 Å². The van der Waals surface area contributed by atoms with E-state index in [2.05, 4.69) is 12.2 Å². The minimum absolute atomic E-state index is 0.214. The molecule has 1 aliphatic heterocycles. The number of unbranched alkanes of at least 4 members (excludes halogenated alkanes) is 1. The van der Waals surface area contributed by atoms with Gasteiger partial charge in [-0.15, -0.1) is 0 Å². The number of likely N-dealkylation sites (tertiary alicyclic amines) is 1. The fraction of sp³-hybridized carbons (Fsp3) is 0.622. The number of hydrogen-bond acceptors (Lipinski definition) is 7. The van der Waals surface area contributed by atoms with E-state index in [-0.39, 0.29) is 24.7 Å². The van der Waals surface area contributed by atoms with Gasteiger partial charge >= 0.3 is 6.09 Å². The zero-order valence-electron chi connectivity index (χ0n) is 29.1. The van der Waals surface area contributed by atoms with Crippen LogP contribution in [0, 0.1) is 5.92 Å². The van der Waals surface area contributed by atoms with E-state index in [0.717, 1.165) is 35.4 Å². The number of carbonyl (C=O) groups is 2. The van der Waals surface area contributed by atoms with Gasteiger partial charge in [0.25, 0.3) is 5.92 Å². The first-order chi connectivity index (χ1) is 22.9. The van der Waals surface area contributed by atoms with Gasteiger partial charge in [0.2, 0.25) is 5.91 Å². The lowest BCUT2D eigenvalue weighted by Crippen LogP contribution is -2.56. The van der Waals surface area contributed by atoms with Crippen LogP contribution in [0.3, 0.4) is 0 Å². The van der Waals surface area contributed by atoms with Crippen LogP contribution in [0.2, 0.25) is 0 Å². The van der Waals surface area contributed by atoms with Crippen LogP contribution < -0.4 is 14.8 Å². The zero-order valence-corrected chi connectivity index (χ0v) is 30.0. The molecular weight excluding hydrogens is 636 g/mol. The van der Waals surface area contributed by atoms with Crippen molar-refractivity contribution in [1.29, 1.82) is 0 Å². The molecule has 11 heteroatoms. The number of benzene rings is 2. The Morgan fingerprint density at radius 3 is 2.15 bits per heavy atom. The van der Waals surface area contributed by atoms with Crippen molar-refractivity contribution in [2.24, 2.45) is 5.92 Å². The maximum absolute atomic E-state index is 16.5. The van der Waals surface area contributed by atoms with Crippen molar-refractivity contribution in [3.63, 3.8) is 0 Å². The normalized spacial score (nSPS) is 17.2. The molecule has 2 fully saturated rings. The Bertz CT molecular complexity index is 1290. The molecule has 4 rings (SSSR count). The van der Waals surface area contributed by atoms with Gasteiger partial charge in [-0.3, -0.25) is 4.79 Å². The average molecular weight is 690 g/mol. The second kappa shape index (κ2) is 17.6. The fourth-order valence-electron chi connectivity index (χ4n) is 6.08. The molecule has 1 saturated carbocycles. The van der Waals surface area contributed by atoms with Crippen molar-refractivity contribution in [3.8, 4) is 11.5 Å². The second-order valence-electron chi connectivity index (χ2n) is 13.9. The van der Waals surface area contributed by atoms with E-state index < -0.39 is 29.6 Å². The van der Waals surface area contributed by atoms with Gasteiger partial charge in [0.05, 0.1) is 13.2 Å². The lowest BCUT2D eigenvalue weighted by atomic mass is 9.90. The summed E-state index contributed by atoms with van der Waals surface area (Å²) in [5, 5.41) is 2.85. The van der Waals surface area contributed by atoms with Crippen LogP contribution in [0.5, 0.6) is 11.5 Å². The molecule has 1 atom stereocenters. The number of nitrogens with zero attached hydrogens (tertiary/aromatic N) is 2. The molecule has 0 radical (unpaired) electrons. The highest BCUT2D eigenvalue weighted by Crippen LogP contribution is 2.40. The quantitative estimate of drug-likeness (QED) is 0.158. The molecule has 0 bridgehead atoms. The van der Waals surface area contributed by atoms with E-state index >= 15 is 8.78 Å². The lowest BCUT2D eigenvalue weighted by molar-refractivity contribution is -0.151. The van der Waals surface area contributed by atoms with E-state index in [1.807, 2.05) is 24.3 Å². The van der Waals surface area contributed by atoms with Crippen LogP contribution in [0.15, 0.2) is 53.4 Å². The minimum atomic E-state index is -3.52. The van der Waals surface area contributed by atoms with Crippen LogP contribution in [0.4, 0.5) is 13.6 Å². The third-order valence-electron chi connectivity index (χ3n) is 8.76. The Labute approximate surface area is 289 Å². The number of amides is 2. The second-order valence-corrected chi connectivity index (χ2v) is 15.2. The number of ether oxygens (including phenoxy) is 3. The summed E-state index contributed by atoms with van der Waals surface area (Å²) in [6.07, 6.45) is 8.35. The lowest BCUT2D eigenvalue weighted by Gasteiger charge is -2.39. The number of piperidine rings is 1. The third kappa shape index (κ3) is 11.3. The predicted molar refractivity (Wildman–Crippen MR) is 186 cm³/mol. The molecule has 1 N–H and O–H groups in total. The van der Waals surface area contributed by atoms with Gasteiger partial charge in [0.1, 0.15) is 17.1 Å². The summed E-state index contributed by atoms with van der Waals surface area (Å²) >= 11 is 1.10. The Kier molecular flexibility index (Phi) is 13.8. The predicted octanol–water partition coefficient (Wildman–Crippen LogP) is 8.44. The first-order valence-corrected chi connectivity index (χ1v) is 18.2. The van der Waals surface area contributed by atoms with Crippen molar-refractivity contribution < 1.29 is 32.6 Å². The van der Waals surface area contributed by atoms with Gasteiger partial charge in [-0.25, -0.2) is 9.10 Å². The zero-order chi connectivity index (χ0) is 34.7. The first kappa shape index (κ1) is 37.8. The van der Waals surface area contributed by atoms with Crippen molar-refractivity contribution in [2.45, 2.75) is 114 Å². The van der Waals surface area contributed by atoms with Crippen LogP contribution >= 0.6 is 11.9 Å². The van der Waals surface area contributed by atoms with Crippen molar-refractivity contribution in [1.82, 2.24) is 14.5 Å². The fourth-order valence-corrected chi connectivity index (χ4v) is 7.00. The van der Waals surface area contributed by atoms with Crippen molar-refractivity contribution in [3.05, 3.63) is 54.1 Å². The summed E-state index contributed by atoms with van der Waals surface area (Å²) in [4.78, 5) is 28.5. The molecule has 1 saturated heterocycles. The van der Waals surface area contributed by atoms with Crippen molar-refractivity contribution >= 4 is 23.9 Å². The number of likely N-dealkylation sites (N-methyl/N-ethyl adjacent to an activating group) is 1. The Hall–Kier alpha value is -3.05. The van der Waals surface area contributed by atoms with E-state index in [4.69, 9.17) is 14.2 Å². The van der Waals surface area contributed by atoms with E-state index in [1.54, 1.807) is 20.8 Å². The third-order valence-corrected chi connectivity index (χ3v) is 9.74. The minimum Gasteiger partial charge on any atom is -0.494 e. The first-order valence-electron chi connectivity index (χ1n) is 17.4. The topological polar surface area (TPSA) is 80.3 Å². The van der Waals surface area contributed by atoms with Gasteiger partial charge in [-0.1, -0.05) is 32.6 Å². The van der Waals surface area contributed by atoms with Gasteiger partial charge in [0.15, 0.2) is 6.04 Å². The number of halogens is 2. The summed E-state index contributed by atoms with van der Waals surface area (Å²) in [7, 11) is 1.54. The summed E-state index contributed by atoms with van der Waals surface area (Å²) < 4.78 is 51.5. The van der Waals surface area contributed by atoms with Crippen LogP contribution in [-0.4, -0.2) is 72.2 Å². The number of carbonyl (C=O) groups excluding carboxylic acids is 2. The number of hydrogen-bond donors (Lipinski definition) is 1. The van der Waals surface area contributed by atoms with Crippen LogP contribution in [0.25, 0.3) is 0 Å². The van der Waals surface area contributed by atoms with Gasteiger partial charge in [0, 0.05) is 29.6 Å². The molecule has 2 aromatic rings. The standard InChI is InChI=1S/C37H53F2N3O5S/c1-6-7-25-45-30-15-13-28(14-16-30)37(38,39)33(34(43)42-23-21-29(22-24-42)40-35(44)47-36(2,3)4)41(5)48-32-19-17-31(18-20-32)46-26-27-11-9-8-10-12-27/h13-20,27,29,33H,6-12,21-26H2,1-5H3,(H,40,44). The number of nitrogens with one attached hydrogen (secondary N) is 1. The molecule has 1 unspecified atom stereocenters. The Balaban J connectivity index is 1.46. The largest absolute Gasteiger partial charge is 0.494 e. The maximum Gasteiger partial charge on any atom is 0.407 e. The SMILES string of the molecule is CCCCOc1ccc(C(F)(F)C(C(=O)N2CCC(NC(=O)OC(C)(C)C)CC2)N(C)Sc2ccc(OCC3CCCCC3)cc2)cc1. The monoisotopic (exact) mass is 689 g/mol. The van der Waals surface area contributed by atoms with E-state index in [1.165, 1.54) is 72.6 Å². The molecular formula is C37H53F2N3O5S. The highest BCUT2D eigenvalue weighted by atomic mass is 32.2. The molecule has 0 spiro atoms. The highest BCUT2D eigenvalue weighted by molar-refractivity contribution is 7.97. The van der Waals surface area contributed by atoms with Crippen LogP contribution in [-0.2, 0) is 15.5 Å². The molecule has 0 aromatic heterocycles. The summed E-state index contributed by atoms with van der Waals surface area (Å²) in [5.41, 5.74) is -0.895. The number of alkyl carbamates (subject to hydrolysis) is 1. The molecule has 1 aliphatic carbocycles. The van der Waals surface area contributed by atoms with E-state index in [9.17, 15) is 9.59 Å². The average Bonchev–Trinajstić information content (AvgIpc) is 3.04. The smallest absolute Gasteiger partial charge is 0.407 e. The summed E-state index contributed by atoms with van der Waals surface area (Å²) in [6.45, 7) is 9.09. The summed E-state index contributed by atoms with van der Waals surface area (Å²) in [6, 6.07) is 11.1. The molecule has 266 valence electrons. The molecule has 2 aromatic carbocycles. The summed E-state index contributed by atoms with van der Waals surface area (Å²) in [5.74, 6) is -2.35. The molecule has 8 nitrogen and oxygen atoms in total. The number of alkyl halides is 2. The van der Waals surface area contributed by atoms with Gasteiger partial charge in [-0.05, 0) is 126 Å². The molecule has 2 aliphatic rings.